The molecular weight excluding hydrogens is 298 g/mol. The van der Waals surface area contributed by atoms with Crippen molar-refractivity contribution in [2.75, 3.05) is 0 Å². The molecule has 3 heteroatoms. The van der Waals surface area contributed by atoms with Crippen LogP contribution in [0.2, 0.25) is 0 Å². The van der Waals surface area contributed by atoms with E-state index >= 15 is 0 Å². The van der Waals surface area contributed by atoms with E-state index in [0.29, 0.717) is 11.8 Å². The number of nitrogens with one attached hydrogen (secondary N) is 1. The molecule has 0 fully saturated rings. The average Bonchev–Trinajstić information content (AvgIpc) is 2.61. The fourth-order valence-corrected chi connectivity index (χ4v) is 2.89. The number of rotatable bonds is 6. The summed E-state index contributed by atoms with van der Waals surface area (Å²) in [5.74, 6) is -0.0755. The van der Waals surface area contributed by atoms with E-state index in [9.17, 15) is 9.59 Å². The third kappa shape index (κ3) is 3.46. The molecule has 3 nitrogen and oxygen atoms in total. The predicted molar refractivity (Wildman–Crippen MR) is 97.7 cm³/mol. The summed E-state index contributed by atoms with van der Waals surface area (Å²) in [6, 6.07) is 16.0. The van der Waals surface area contributed by atoms with Crippen molar-refractivity contribution >= 4 is 16.7 Å². The van der Waals surface area contributed by atoms with E-state index in [0.717, 1.165) is 30.3 Å². The Kier molecular flexibility index (Phi) is 4.90. The second-order valence-electron chi connectivity index (χ2n) is 6.10. The largest absolute Gasteiger partial charge is 0.360 e. The van der Waals surface area contributed by atoms with Gasteiger partial charge in [-0.25, -0.2) is 0 Å². The van der Waals surface area contributed by atoms with E-state index in [2.05, 4.69) is 17.1 Å². The van der Waals surface area contributed by atoms with E-state index in [1.807, 2.05) is 43.3 Å². The fraction of sp³-hybridized carbons (Fsp3) is 0.238. The summed E-state index contributed by atoms with van der Waals surface area (Å²) in [6.07, 6.45) is 4.50. The van der Waals surface area contributed by atoms with Crippen molar-refractivity contribution in [2.24, 2.45) is 0 Å². The number of unbranched alkanes of at least 4 members (excludes halogenated alkanes) is 1. The van der Waals surface area contributed by atoms with Gasteiger partial charge in [0.15, 0.2) is 11.2 Å². The monoisotopic (exact) mass is 319 g/mol. The Morgan fingerprint density at radius 3 is 2.58 bits per heavy atom. The molecular formula is C21H21NO2. The molecule has 1 heterocycles. The lowest BCUT2D eigenvalue weighted by atomic mass is 10.0. The maximum Gasteiger partial charge on any atom is 0.200 e. The topological polar surface area (TPSA) is 49.9 Å². The molecule has 0 amide bonds. The second-order valence-corrected chi connectivity index (χ2v) is 6.10. The predicted octanol–water partition coefficient (Wildman–Crippen LogP) is 4.49. The normalized spacial score (nSPS) is 10.9. The second kappa shape index (κ2) is 7.26. The van der Waals surface area contributed by atoms with Crippen molar-refractivity contribution in [2.45, 2.75) is 32.6 Å². The van der Waals surface area contributed by atoms with Gasteiger partial charge in [-0.2, -0.15) is 0 Å². The van der Waals surface area contributed by atoms with Crippen LogP contribution in [0.1, 0.15) is 47.7 Å². The fourth-order valence-electron chi connectivity index (χ4n) is 2.89. The molecule has 0 spiro atoms. The maximum atomic E-state index is 12.7. The van der Waals surface area contributed by atoms with Crippen LogP contribution in [-0.4, -0.2) is 10.8 Å². The zero-order valence-corrected chi connectivity index (χ0v) is 13.8. The minimum atomic E-state index is -0.167. The highest BCUT2D eigenvalue weighted by atomic mass is 16.1. The van der Waals surface area contributed by atoms with Crippen molar-refractivity contribution < 1.29 is 4.79 Å². The number of H-pyrrole nitrogens is 1. The Bertz CT molecular complexity index is 910. The number of pyridine rings is 1. The number of benzene rings is 2. The summed E-state index contributed by atoms with van der Waals surface area (Å²) in [7, 11) is 0. The van der Waals surface area contributed by atoms with E-state index in [4.69, 9.17) is 0 Å². The van der Waals surface area contributed by atoms with Crippen molar-refractivity contribution in [3.63, 3.8) is 0 Å². The van der Waals surface area contributed by atoms with Crippen molar-refractivity contribution in [3.8, 4) is 0 Å². The first-order valence-electron chi connectivity index (χ1n) is 8.40. The first-order valence-corrected chi connectivity index (χ1v) is 8.40. The zero-order chi connectivity index (χ0) is 16.9. The summed E-state index contributed by atoms with van der Waals surface area (Å²) in [5, 5.41) is 0.589. The molecule has 0 radical (unpaired) electrons. The third-order valence-electron chi connectivity index (χ3n) is 4.25. The molecule has 0 saturated carbocycles. The number of aromatic amines is 1. The lowest BCUT2D eigenvalue weighted by Crippen LogP contribution is -2.16. The molecule has 0 atom stereocenters. The highest BCUT2D eigenvalue weighted by Gasteiger charge is 2.13. The average molecular weight is 319 g/mol. The summed E-state index contributed by atoms with van der Waals surface area (Å²) in [4.78, 5) is 28.0. The zero-order valence-electron chi connectivity index (χ0n) is 13.8. The summed E-state index contributed by atoms with van der Waals surface area (Å²) >= 11 is 0. The smallest absolute Gasteiger partial charge is 0.200 e. The van der Waals surface area contributed by atoms with Crippen LogP contribution in [0.15, 0.2) is 59.5 Å². The number of ketones is 1. The van der Waals surface area contributed by atoms with E-state index in [-0.39, 0.29) is 16.8 Å². The summed E-state index contributed by atoms with van der Waals surface area (Å²) < 4.78 is 0. The van der Waals surface area contributed by atoms with Crippen molar-refractivity contribution in [1.29, 1.82) is 0 Å². The number of carbonyl (C=O) groups is 1. The molecule has 1 aromatic heterocycles. The Labute approximate surface area is 141 Å². The minimum Gasteiger partial charge on any atom is -0.360 e. The molecule has 1 N–H and O–H groups in total. The van der Waals surface area contributed by atoms with Crippen molar-refractivity contribution in [3.05, 3.63) is 81.6 Å². The van der Waals surface area contributed by atoms with Gasteiger partial charge in [-0.3, -0.25) is 9.59 Å². The van der Waals surface area contributed by atoms with Gasteiger partial charge in [0.2, 0.25) is 0 Å². The maximum absolute atomic E-state index is 12.7. The van der Waals surface area contributed by atoms with Gasteiger partial charge in [-0.05, 0) is 36.1 Å². The number of carbonyl (C=O) groups excluding carboxylic acids is 1. The van der Waals surface area contributed by atoms with Crippen LogP contribution in [0.4, 0.5) is 0 Å². The molecule has 24 heavy (non-hydrogen) atoms. The van der Waals surface area contributed by atoms with Gasteiger partial charge < -0.3 is 4.98 Å². The molecule has 0 aliphatic carbocycles. The Morgan fingerprint density at radius 1 is 1.04 bits per heavy atom. The molecule has 3 rings (SSSR count). The first-order chi connectivity index (χ1) is 11.7. The number of fused-ring (bicyclic) bond motifs is 1. The van der Waals surface area contributed by atoms with Gasteiger partial charge in [0, 0.05) is 23.5 Å². The van der Waals surface area contributed by atoms with Gasteiger partial charge in [0.25, 0.3) is 0 Å². The van der Waals surface area contributed by atoms with E-state index in [1.54, 1.807) is 6.20 Å². The molecule has 0 aliphatic heterocycles. The standard InChI is InChI=1S/C21H21NO2/c1-2-3-9-20(23)18-14-22-19-11-10-16(13-17(19)21(18)24)12-15-7-5-4-6-8-15/h4-8,10-11,13-14H,2-3,9,12H2,1H3,(H,22,24). The number of aromatic nitrogens is 1. The van der Waals surface area contributed by atoms with Crippen LogP contribution >= 0.6 is 0 Å². The van der Waals surface area contributed by atoms with Gasteiger partial charge in [-0.1, -0.05) is 49.7 Å². The molecule has 2 aromatic carbocycles. The molecule has 3 aromatic rings. The van der Waals surface area contributed by atoms with Crippen LogP contribution in [0, 0.1) is 0 Å². The highest BCUT2D eigenvalue weighted by molar-refractivity contribution is 5.98. The summed E-state index contributed by atoms with van der Waals surface area (Å²) in [6.45, 7) is 2.04. The molecule has 0 bridgehead atoms. The quantitative estimate of drug-likeness (QED) is 0.680. The van der Waals surface area contributed by atoms with E-state index in [1.165, 1.54) is 5.56 Å². The first kappa shape index (κ1) is 16.2. The highest BCUT2D eigenvalue weighted by Crippen LogP contribution is 2.15. The Balaban J connectivity index is 1.97. The third-order valence-corrected chi connectivity index (χ3v) is 4.25. The van der Waals surface area contributed by atoms with E-state index < -0.39 is 0 Å². The molecule has 0 saturated heterocycles. The van der Waals surface area contributed by atoms with Gasteiger partial charge in [-0.15, -0.1) is 0 Å². The lowest BCUT2D eigenvalue weighted by molar-refractivity contribution is 0.0978. The van der Waals surface area contributed by atoms with Crippen LogP contribution in [0.5, 0.6) is 0 Å². The number of hydrogen-bond acceptors (Lipinski definition) is 2. The van der Waals surface area contributed by atoms with Crippen LogP contribution < -0.4 is 5.43 Å². The Morgan fingerprint density at radius 2 is 1.83 bits per heavy atom. The molecule has 0 aliphatic rings. The Hall–Kier alpha value is -2.68. The summed E-state index contributed by atoms with van der Waals surface area (Å²) in [5.41, 5.74) is 3.14. The number of hydrogen-bond donors (Lipinski definition) is 1. The van der Waals surface area contributed by atoms with Crippen LogP contribution in [0.3, 0.4) is 0 Å². The SMILES string of the molecule is CCCCC(=O)c1c[nH]c2ccc(Cc3ccccc3)cc2c1=O. The molecule has 122 valence electrons. The molecule has 0 unspecified atom stereocenters. The number of Topliss-reactive ketones (excluding diaryl/α,β-unsaturated/α-hetero) is 1. The lowest BCUT2D eigenvalue weighted by Gasteiger charge is -2.06. The van der Waals surface area contributed by atoms with Crippen LogP contribution in [0.25, 0.3) is 10.9 Å². The van der Waals surface area contributed by atoms with Crippen molar-refractivity contribution in [1.82, 2.24) is 4.98 Å². The van der Waals surface area contributed by atoms with Crippen LogP contribution in [-0.2, 0) is 6.42 Å². The van der Waals surface area contributed by atoms with Gasteiger partial charge in [0.1, 0.15) is 0 Å². The van der Waals surface area contributed by atoms with Gasteiger partial charge in [0.05, 0.1) is 5.56 Å². The van der Waals surface area contributed by atoms with Gasteiger partial charge >= 0.3 is 0 Å². The minimum absolute atomic E-state index is 0.0755.